The molecule has 5 aliphatic heterocycles. The Kier molecular flexibility index (Phi) is 26.3. The van der Waals surface area contributed by atoms with Crippen LogP contribution in [0.1, 0.15) is 84.1 Å². The average molecular weight is 1910 g/mol. The number of halogens is 7. The Morgan fingerprint density at radius 3 is 1.07 bits per heavy atom. The van der Waals surface area contributed by atoms with Crippen LogP contribution in [0.5, 0.6) is 0 Å². The van der Waals surface area contributed by atoms with E-state index in [0.717, 1.165) is 164 Å². The summed E-state index contributed by atoms with van der Waals surface area (Å²) in [6.45, 7) is 44.8. The molecule has 0 radical (unpaired) electrons. The summed E-state index contributed by atoms with van der Waals surface area (Å²) in [6, 6.07) is 38.7. The molecule has 36 heteroatoms. The molecule has 139 heavy (non-hydrogen) atoms. The van der Waals surface area contributed by atoms with Gasteiger partial charge < -0.3 is 24.9 Å². The van der Waals surface area contributed by atoms with Gasteiger partial charge in [0.15, 0.2) is 17.5 Å². The third-order valence-electron chi connectivity index (χ3n) is 27.2. The largest absolute Gasteiger partial charge is 0.356 e. The SMILES string of the molecule is [C-]#[N+]c1ccc(-c2nc(N3CCC(C)CC3)c(C)c(=O)n2-c2ccc3c(cnn3C)c2)cc1F.[C-]#[N+]c1ccc(-c2nc(N3CCC(C)CC3)c(Cl)c(=O)n2-c2ccc3c(cnn3C)c2)cc1F.[C-]#[N+]c1ccc(-c2nc(N3CCC(C)CC3)c(F)c(=O)n2-c2ccc3c(cnn3C)c2)cc1F.[C-]#[N+]c1ccc(-c2nc(N3CCC4(CCNC4)CC3)c(Cl)c(=O)n2-c2ccc3nn(C)cc3c2)cc1F. The van der Waals surface area contributed by atoms with E-state index in [1.807, 2.05) is 74.7 Å². The van der Waals surface area contributed by atoms with Crippen LogP contribution in [0.15, 0.2) is 190 Å². The van der Waals surface area contributed by atoms with Crippen LogP contribution in [0.4, 0.5) is 68.0 Å². The van der Waals surface area contributed by atoms with Crippen molar-refractivity contribution >= 4 is 113 Å². The molecule has 704 valence electrons. The van der Waals surface area contributed by atoms with Crippen molar-refractivity contribution in [3.63, 3.8) is 0 Å². The fourth-order valence-electron chi connectivity index (χ4n) is 18.9. The second-order valence-electron chi connectivity index (χ2n) is 36.3. The van der Waals surface area contributed by atoms with E-state index in [0.29, 0.717) is 105 Å². The lowest BCUT2D eigenvalue weighted by Gasteiger charge is -2.39. The Labute approximate surface area is 805 Å². The lowest BCUT2D eigenvalue weighted by atomic mass is 9.78. The molecule has 0 atom stereocenters. The average Bonchev–Trinajstić information content (AvgIpc) is 1.50. The molecule has 8 aromatic heterocycles. The summed E-state index contributed by atoms with van der Waals surface area (Å²) in [6.07, 6.45) is 15.9. The molecule has 0 unspecified atom stereocenters. The standard InChI is InChI=1S/C27H25ClFN7O.C26H25FN6O.C25H22ClFN6O.C25H22F2N6O/c1-30-22-5-3-17(14-20(22)29)24-32-25(35-11-8-27(9-12-35)7-10-31-16-27)23(28)26(37)36(24)19-4-6-21-18(13-19)15-34(2)33-21;1-16-9-11-32(12-10-16)24-17(2)26(34)33(20-6-8-23-19(13-20)15-29-31(23)4)25(30-24)18-5-7-22(28-3)21(27)14-18;1-15-8-10-32(11-9-15)24-22(26)25(34)33(18-5-7-21-17(12-18)14-29-31(21)3)23(30-24)16-4-6-20(28-2)19(27)13-16;1-15-8-10-32(11-9-15)24-22(27)25(34)33(18-5-7-21-17(12-18)14-29-31(21)3)23(30-24)16-4-6-20(28-2)19(26)13-16/h3-6,13-15,31H,7-12,16H2,2H3;5-8,13-16H,9-12H2,1-2,4H3;2*4-7,12-15H,8-11H2,1,3H3. The van der Waals surface area contributed by atoms with Crippen LogP contribution in [0.25, 0.3) is 131 Å². The molecule has 5 fully saturated rings. The maximum atomic E-state index is 15.5. The van der Waals surface area contributed by atoms with Crippen molar-refractivity contribution in [2.75, 3.05) is 85.0 Å². The van der Waals surface area contributed by atoms with Gasteiger partial charge in [0.2, 0.25) is 28.6 Å². The van der Waals surface area contributed by atoms with Crippen molar-refractivity contribution in [1.29, 1.82) is 0 Å². The highest BCUT2D eigenvalue weighted by Gasteiger charge is 2.39. The topological polar surface area (TPSA) is 253 Å². The smallest absolute Gasteiger partial charge is 0.296 e. The third kappa shape index (κ3) is 18.5. The van der Waals surface area contributed by atoms with Crippen molar-refractivity contribution in [3.05, 3.63) is 302 Å². The van der Waals surface area contributed by atoms with E-state index in [1.165, 1.54) is 62.2 Å². The Balaban J connectivity index is 0.000000123. The summed E-state index contributed by atoms with van der Waals surface area (Å²) in [5, 5.41) is 24.1. The Morgan fingerprint density at radius 1 is 0.388 bits per heavy atom. The Hall–Kier alpha value is -15.5. The van der Waals surface area contributed by atoms with E-state index in [4.69, 9.17) is 64.4 Å². The molecule has 8 aromatic carbocycles. The van der Waals surface area contributed by atoms with Gasteiger partial charge in [0.1, 0.15) is 62.4 Å². The molecule has 0 amide bonds. The number of rotatable bonds is 12. The molecular formula is C103H94Cl2F5N25O4. The molecule has 21 rings (SSSR count). The number of aromatic nitrogens is 16. The maximum Gasteiger partial charge on any atom is 0.296 e. The van der Waals surface area contributed by atoms with Crippen LogP contribution >= 0.6 is 23.2 Å². The number of anilines is 4. The fraction of sp³-hybridized carbons (Fsp3) is 0.301. The number of piperidine rings is 4. The van der Waals surface area contributed by atoms with Gasteiger partial charge in [0.05, 0.1) is 95.3 Å². The summed E-state index contributed by atoms with van der Waals surface area (Å²) in [7, 11) is 7.34. The minimum absolute atomic E-state index is 0.0275. The monoisotopic (exact) mass is 1910 g/mol. The first-order valence-corrected chi connectivity index (χ1v) is 46.5. The van der Waals surface area contributed by atoms with Gasteiger partial charge >= 0.3 is 0 Å². The van der Waals surface area contributed by atoms with Gasteiger partial charge in [-0.15, -0.1) is 0 Å². The van der Waals surface area contributed by atoms with Crippen molar-refractivity contribution < 1.29 is 22.0 Å². The zero-order valence-electron chi connectivity index (χ0n) is 77.3. The third-order valence-corrected chi connectivity index (χ3v) is 27.8. The minimum atomic E-state index is -0.942. The number of nitrogens with zero attached hydrogens (tertiary/aromatic N) is 24. The van der Waals surface area contributed by atoms with Gasteiger partial charge in [0.25, 0.3) is 22.2 Å². The van der Waals surface area contributed by atoms with Gasteiger partial charge in [-0.05, 0) is 191 Å². The van der Waals surface area contributed by atoms with Crippen molar-refractivity contribution in [3.8, 4) is 68.3 Å². The molecule has 0 aliphatic carbocycles. The van der Waals surface area contributed by atoms with E-state index in [2.05, 4.69) is 80.6 Å². The summed E-state index contributed by atoms with van der Waals surface area (Å²) in [5.41, 5.74) is 5.63. The molecular weight excluding hydrogens is 1820 g/mol. The van der Waals surface area contributed by atoms with Crippen LogP contribution in [0.3, 0.4) is 0 Å². The van der Waals surface area contributed by atoms with Crippen molar-refractivity contribution in [1.82, 2.24) is 82.6 Å². The van der Waals surface area contributed by atoms with E-state index in [9.17, 15) is 36.7 Å². The zero-order chi connectivity index (χ0) is 97.7. The van der Waals surface area contributed by atoms with Crippen LogP contribution in [0, 0.1) is 85.5 Å². The van der Waals surface area contributed by atoms with E-state index in [1.54, 1.807) is 105 Å². The first-order valence-electron chi connectivity index (χ1n) is 45.7. The highest BCUT2D eigenvalue weighted by atomic mass is 35.5. The lowest BCUT2D eigenvalue weighted by molar-refractivity contribution is 0.247. The van der Waals surface area contributed by atoms with Crippen LogP contribution < -0.4 is 47.2 Å². The number of hydrogen-bond acceptors (Lipinski definition) is 17. The quantitative estimate of drug-likeness (QED) is 0.0881. The van der Waals surface area contributed by atoms with Gasteiger partial charge in [-0.1, -0.05) is 92.5 Å². The van der Waals surface area contributed by atoms with E-state index >= 15 is 4.39 Å². The first kappa shape index (κ1) is 93.9. The second kappa shape index (κ2) is 38.9. The molecule has 13 heterocycles. The van der Waals surface area contributed by atoms with Crippen LogP contribution in [-0.4, -0.2) is 143 Å². The normalized spacial score (nSPS) is 15.2. The highest BCUT2D eigenvalue weighted by Crippen LogP contribution is 2.42. The molecule has 5 saturated heterocycles. The summed E-state index contributed by atoms with van der Waals surface area (Å²) >= 11 is 13.3. The van der Waals surface area contributed by atoms with Gasteiger partial charge in [-0.2, -0.15) is 24.8 Å². The van der Waals surface area contributed by atoms with Crippen molar-refractivity contribution in [2.45, 2.75) is 85.5 Å². The highest BCUT2D eigenvalue weighted by molar-refractivity contribution is 6.33. The zero-order valence-corrected chi connectivity index (χ0v) is 78.9. The fourth-order valence-corrected chi connectivity index (χ4v) is 19.4. The molecule has 0 saturated carbocycles. The van der Waals surface area contributed by atoms with Gasteiger partial charge in [-0.3, -0.25) is 56.2 Å². The molecule has 29 nitrogen and oxygen atoms in total. The first-order chi connectivity index (χ1) is 67.0. The van der Waals surface area contributed by atoms with E-state index in [-0.39, 0.29) is 67.2 Å². The van der Waals surface area contributed by atoms with Crippen LogP contribution in [-0.2, 0) is 28.2 Å². The van der Waals surface area contributed by atoms with E-state index < -0.39 is 45.8 Å². The second-order valence-corrected chi connectivity index (χ2v) is 37.0. The minimum Gasteiger partial charge on any atom is -0.356 e. The van der Waals surface area contributed by atoms with Gasteiger partial charge in [-0.25, -0.2) is 56.9 Å². The summed E-state index contributed by atoms with van der Waals surface area (Å²) in [4.78, 5) is 94.6. The molecule has 1 spiro atoms. The molecule has 1 N–H and O–H groups in total. The summed E-state index contributed by atoms with van der Waals surface area (Å²) < 4.78 is 86.3. The maximum absolute atomic E-state index is 15.5. The predicted octanol–water partition coefficient (Wildman–Crippen LogP) is 19.9. The number of nitrogens with one attached hydrogen (secondary N) is 1. The number of hydrogen-bond donors (Lipinski definition) is 1. The van der Waals surface area contributed by atoms with Gasteiger partial charge in [0, 0.05) is 137 Å². The molecule has 16 aromatic rings. The summed E-state index contributed by atoms with van der Waals surface area (Å²) in [5.74, 6) is 0.532. The Morgan fingerprint density at radius 2 is 0.712 bits per heavy atom. The molecule has 0 bridgehead atoms. The van der Waals surface area contributed by atoms with Crippen LogP contribution in [0.2, 0.25) is 10.0 Å². The number of benzene rings is 8. The number of fused-ring (bicyclic) bond motifs is 4. The molecule has 5 aliphatic rings. The number of aryl methyl sites for hydroxylation is 4. The predicted molar refractivity (Wildman–Crippen MR) is 531 cm³/mol. The van der Waals surface area contributed by atoms with Crippen molar-refractivity contribution in [2.24, 2.45) is 51.4 Å². The lowest BCUT2D eigenvalue weighted by Crippen LogP contribution is -2.42. The Bertz CT molecular complexity index is 7460.